The lowest BCUT2D eigenvalue weighted by Crippen LogP contribution is -2.18. The minimum atomic E-state index is -3.86. The summed E-state index contributed by atoms with van der Waals surface area (Å²) >= 11 is 3.20. The maximum Gasteiger partial charge on any atom is 0.264 e. The molecule has 0 bridgehead atoms. The van der Waals surface area contributed by atoms with Gasteiger partial charge < -0.3 is 5.73 Å². The number of sulfonamides is 1. The van der Waals surface area contributed by atoms with Gasteiger partial charge in [-0.15, -0.1) is 0 Å². The van der Waals surface area contributed by atoms with Crippen LogP contribution in [0.2, 0.25) is 0 Å². The number of H-pyrrole nitrogens is 1. The van der Waals surface area contributed by atoms with Crippen LogP contribution in [-0.4, -0.2) is 24.5 Å². The second-order valence-corrected chi connectivity index (χ2v) is 6.57. The van der Waals surface area contributed by atoms with Gasteiger partial charge in [-0.3, -0.25) is 14.6 Å². The van der Waals surface area contributed by atoms with E-state index in [9.17, 15) is 13.2 Å². The van der Waals surface area contributed by atoms with E-state index in [0.717, 1.165) is 11.8 Å². The van der Waals surface area contributed by atoms with Crippen molar-refractivity contribution in [2.75, 3.05) is 4.72 Å². The maximum absolute atomic E-state index is 12.3. The number of nitrogens with two attached hydrogens (primary N) is 1. The number of primary amides is 1. The first-order valence-electron chi connectivity index (χ1n) is 5.43. The molecule has 0 spiro atoms. The van der Waals surface area contributed by atoms with Crippen molar-refractivity contribution < 1.29 is 13.2 Å². The zero-order valence-electron chi connectivity index (χ0n) is 10.3. The molecule has 2 aromatic rings. The fraction of sp³-hybridized carbons (Fsp3) is 0.0909. The number of carbonyl (C=O) groups excluding carboxylic acids is 1. The lowest BCUT2D eigenvalue weighted by Gasteiger charge is -2.09. The van der Waals surface area contributed by atoms with Gasteiger partial charge >= 0.3 is 0 Å². The van der Waals surface area contributed by atoms with Gasteiger partial charge in [0, 0.05) is 4.47 Å². The second-order valence-electron chi connectivity index (χ2n) is 4.06. The van der Waals surface area contributed by atoms with Crippen molar-refractivity contribution in [3.05, 3.63) is 40.0 Å². The quantitative estimate of drug-likeness (QED) is 0.764. The van der Waals surface area contributed by atoms with E-state index in [0.29, 0.717) is 4.47 Å². The summed E-state index contributed by atoms with van der Waals surface area (Å²) in [7, 11) is -3.86. The van der Waals surface area contributed by atoms with E-state index in [4.69, 9.17) is 5.73 Å². The zero-order valence-corrected chi connectivity index (χ0v) is 12.7. The summed E-state index contributed by atoms with van der Waals surface area (Å²) in [5, 5.41) is 5.98. The minimum Gasteiger partial charge on any atom is -0.365 e. The average molecular weight is 359 g/mol. The highest BCUT2D eigenvalue weighted by atomic mass is 79.9. The van der Waals surface area contributed by atoms with E-state index in [1.54, 1.807) is 12.1 Å². The number of rotatable bonds is 4. The highest BCUT2D eigenvalue weighted by Gasteiger charge is 2.21. The van der Waals surface area contributed by atoms with Crippen LogP contribution in [0.15, 0.2) is 33.8 Å². The van der Waals surface area contributed by atoms with Gasteiger partial charge in [-0.2, -0.15) is 5.10 Å². The van der Waals surface area contributed by atoms with Crippen LogP contribution < -0.4 is 10.5 Å². The lowest BCUT2D eigenvalue weighted by atomic mass is 10.2. The summed E-state index contributed by atoms with van der Waals surface area (Å²) in [6, 6.07) is 4.81. The van der Waals surface area contributed by atoms with Crippen LogP contribution in [-0.2, 0) is 10.0 Å². The molecular weight excluding hydrogens is 348 g/mol. The van der Waals surface area contributed by atoms with Crippen molar-refractivity contribution in [3.63, 3.8) is 0 Å². The van der Waals surface area contributed by atoms with Crippen LogP contribution in [0.5, 0.6) is 0 Å². The molecule has 0 unspecified atom stereocenters. The SMILES string of the molecule is Cc1ccc(S(=O)(=O)Nc2[nH]ncc2C(N)=O)c(Br)c1. The van der Waals surface area contributed by atoms with Crippen molar-refractivity contribution >= 4 is 37.7 Å². The Hall–Kier alpha value is -1.87. The molecule has 1 aromatic carbocycles. The van der Waals surface area contributed by atoms with Crippen molar-refractivity contribution in [1.29, 1.82) is 0 Å². The molecule has 0 saturated heterocycles. The molecule has 106 valence electrons. The molecule has 0 aliphatic rings. The Kier molecular flexibility index (Phi) is 3.82. The second kappa shape index (κ2) is 5.25. The number of carbonyl (C=O) groups is 1. The number of hydrogen-bond donors (Lipinski definition) is 3. The van der Waals surface area contributed by atoms with Gasteiger partial charge in [-0.05, 0) is 40.5 Å². The first-order valence-corrected chi connectivity index (χ1v) is 7.71. The predicted molar refractivity (Wildman–Crippen MR) is 76.8 cm³/mol. The molecule has 20 heavy (non-hydrogen) atoms. The van der Waals surface area contributed by atoms with E-state index in [-0.39, 0.29) is 16.3 Å². The minimum absolute atomic E-state index is 0.0307. The van der Waals surface area contributed by atoms with Gasteiger partial charge in [-0.1, -0.05) is 6.07 Å². The Morgan fingerprint density at radius 3 is 2.75 bits per heavy atom. The van der Waals surface area contributed by atoms with E-state index in [1.165, 1.54) is 6.07 Å². The van der Waals surface area contributed by atoms with Gasteiger partial charge in [-0.25, -0.2) is 8.42 Å². The Morgan fingerprint density at radius 2 is 2.15 bits per heavy atom. The van der Waals surface area contributed by atoms with E-state index in [1.807, 2.05) is 6.92 Å². The predicted octanol–water partition coefficient (Wildman–Crippen LogP) is 1.38. The smallest absolute Gasteiger partial charge is 0.264 e. The molecule has 2 rings (SSSR count). The van der Waals surface area contributed by atoms with Crippen LogP contribution in [0.25, 0.3) is 0 Å². The fourth-order valence-electron chi connectivity index (χ4n) is 1.56. The molecular formula is C11H11BrN4O3S. The molecule has 0 saturated carbocycles. The number of nitrogens with zero attached hydrogens (tertiary/aromatic N) is 1. The van der Waals surface area contributed by atoms with E-state index >= 15 is 0 Å². The third-order valence-corrected chi connectivity index (χ3v) is 4.84. The summed E-state index contributed by atoms with van der Waals surface area (Å²) in [4.78, 5) is 11.2. The molecule has 9 heteroatoms. The number of benzene rings is 1. The van der Waals surface area contributed by atoms with Crippen LogP contribution >= 0.6 is 15.9 Å². The molecule has 0 aliphatic heterocycles. The van der Waals surface area contributed by atoms with Gasteiger partial charge in [0.1, 0.15) is 16.3 Å². The van der Waals surface area contributed by atoms with Gasteiger partial charge in [0.15, 0.2) is 0 Å². The molecule has 0 aliphatic carbocycles. The Balaban J connectivity index is 2.41. The third-order valence-electron chi connectivity index (χ3n) is 2.52. The monoisotopic (exact) mass is 358 g/mol. The zero-order chi connectivity index (χ0) is 14.9. The number of hydrogen-bond acceptors (Lipinski definition) is 4. The number of aromatic amines is 1. The molecule has 1 aromatic heterocycles. The van der Waals surface area contributed by atoms with Crippen LogP contribution in [0.3, 0.4) is 0 Å². The van der Waals surface area contributed by atoms with Gasteiger partial charge in [0.25, 0.3) is 15.9 Å². The average Bonchev–Trinajstić information content (AvgIpc) is 2.75. The Labute approximate surface area is 123 Å². The standard InChI is InChI=1S/C11H11BrN4O3S/c1-6-2-3-9(8(12)4-6)20(18,19)16-11-7(10(13)17)5-14-15-11/h2-5H,1H3,(H2,13,17)(H2,14,15,16). The number of aromatic nitrogens is 2. The summed E-state index contributed by atoms with van der Waals surface area (Å²) in [5.74, 6) is -0.843. The van der Waals surface area contributed by atoms with Crippen LogP contribution in [0.4, 0.5) is 5.82 Å². The number of nitrogens with one attached hydrogen (secondary N) is 2. The highest BCUT2D eigenvalue weighted by molar-refractivity contribution is 9.10. The number of anilines is 1. The largest absolute Gasteiger partial charge is 0.365 e. The normalized spacial score (nSPS) is 11.3. The van der Waals surface area contributed by atoms with Gasteiger partial charge in [0.2, 0.25) is 0 Å². The fourth-order valence-corrected chi connectivity index (χ4v) is 3.79. The van der Waals surface area contributed by atoms with Crippen molar-refractivity contribution in [3.8, 4) is 0 Å². The summed E-state index contributed by atoms with van der Waals surface area (Å²) in [6.07, 6.45) is 1.16. The number of halogens is 1. The van der Waals surface area contributed by atoms with E-state index < -0.39 is 15.9 Å². The summed E-state index contributed by atoms with van der Waals surface area (Å²) in [6.45, 7) is 1.84. The first kappa shape index (κ1) is 14.5. The van der Waals surface area contributed by atoms with Crippen molar-refractivity contribution in [2.45, 2.75) is 11.8 Å². The van der Waals surface area contributed by atoms with Crippen LogP contribution in [0.1, 0.15) is 15.9 Å². The van der Waals surface area contributed by atoms with Gasteiger partial charge in [0.05, 0.1) is 6.20 Å². The van der Waals surface area contributed by atoms with Crippen LogP contribution in [0, 0.1) is 6.92 Å². The molecule has 1 amide bonds. The molecule has 1 heterocycles. The topological polar surface area (TPSA) is 118 Å². The molecule has 7 nitrogen and oxygen atoms in total. The highest BCUT2D eigenvalue weighted by Crippen LogP contribution is 2.25. The Morgan fingerprint density at radius 1 is 1.45 bits per heavy atom. The van der Waals surface area contributed by atoms with E-state index in [2.05, 4.69) is 30.8 Å². The summed E-state index contributed by atoms with van der Waals surface area (Å²) < 4.78 is 27.2. The molecule has 0 atom stereocenters. The molecule has 0 fully saturated rings. The maximum atomic E-state index is 12.3. The lowest BCUT2D eigenvalue weighted by molar-refractivity contribution is 0.100. The first-order chi connectivity index (χ1) is 9.31. The number of amides is 1. The molecule has 0 radical (unpaired) electrons. The third kappa shape index (κ3) is 2.83. The molecule has 4 N–H and O–H groups in total. The summed E-state index contributed by atoms with van der Waals surface area (Å²) in [5.41, 5.74) is 6.00. The van der Waals surface area contributed by atoms with Crippen molar-refractivity contribution in [1.82, 2.24) is 10.2 Å². The number of aryl methyl sites for hydroxylation is 1. The Bertz CT molecular complexity index is 770. The van der Waals surface area contributed by atoms with Crippen molar-refractivity contribution in [2.24, 2.45) is 5.73 Å².